The average Bonchev–Trinajstić information content (AvgIpc) is 2.99. The SMILES string of the molecule is COc1cc(CN2C[C@H](c3ccccc3)N(C(=O)OC(C)(C)C)C2=O)ccc1O. The molecule has 0 bridgehead atoms. The van der Waals surface area contributed by atoms with Gasteiger partial charge in [0.2, 0.25) is 0 Å². The molecule has 2 aromatic carbocycles. The van der Waals surface area contributed by atoms with Crippen molar-refractivity contribution in [2.75, 3.05) is 13.7 Å². The lowest BCUT2D eigenvalue weighted by molar-refractivity contribution is 0.0295. The van der Waals surface area contributed by atoms with E-state index in [4.69, 9.17) is 9.47 Å². The number of hydrogen-bond donors (Lipinski definition) is 1. The second-order valence-corrected chi connectivity index (χ2v) is 7.95. The van der Waals surface area contributed by atoms with E-state index in [-0.39, 0.29) is 12.3 Å². The van der Waals surface area contributed by atoms with E-state index in [2.05, 4.69) is 0 Å². The molecule has 1 atom stereocenters. The molecule has 1 N–H and O–H groups in total. The number of nitrogens with zero attached hydrogens (tertiary/aromatic N) is 2. The van der Waals surface area contributed by atoms with Crippen LogP contribution in [-0.2, 0) is 11.3 Å². The highest BCUT2D eigenvalue weighted by Gasteiger charge is 2.44. The maximum absolute atomic E-state index is 13.1. The molecule has 2 aromatic rings. The fourth-order valence-corrected chi connectivity index (χ4v) is 3.27. The number of carbonyl (C=O) groups is 2. The summed E-state index contributed by atoms with van der Waals surface area (Å²) in [5.41, 5.74) is 0.930. The van der Waals surface area contributed by atoms with Crippen LogP contribution in [0.15, 0.2) is 48.5 Å². The molecule has 7 nitrogen and oxygen atoms in total. The minimum atomic E-state index is -0.712. The maximum Gasteiger partial charge on any atom is 0.419 e. The van der Waals surface area contributed by atoms with Crippen LogP contribution >= 0.6 is 0 Å². The number of urea groups is 1. The minimum Gasteiger partial charge on any atom is -0.504 e. The van der Waals surface area contributed by atoms with Gasteiger partial charge in [-0.1, -0.05) is 36.4 Å². The Morgan fingerprint density at radius 2 is 1.86 bits per heavy atom. The summed E-state index contributed by atoms with van der Waals surface area (Å²) < 4.78 is 10.6. The van der Waals surface area contributed by atoms with Gasteiger partial charge >= 0.3 is 12.1 Å². The molecule has 1 saturated heterocycles. The van der Waals surface area contributed by atoms with Crippen molar-refractivity contribution >= 4 is 12.1 Å². The van der Waals surface area contributed by atoms with E-state index in [1.54, 1.807) is 37.8 Å². The average molecular weight is 398 g/mol. The van der Waals surface area contributed by atoms with Crippen molar-refractivity contribution in [2.24, 2.45) is 0 Å². The number of hydrogen-bond acceptors (Lipinski definition) is 5. The van der Waals surface area contributed by atoms with Crippen molar-refractivity contribution in [3.63, 3.8) is 0 Å². The van der Waals surface area contributed by atoms with E-state index < -0.39 is 23.8 Å². The Kier molecular flexibility index (Phi) is 5.68. The Labute approximate surface area is 170 Å². The lowest BCUT2D eigenvalue weighted by Crippen LogP contribution is -2.40. The minimum absolute atomic E-state index is 0.0292. The van der Waals surface area contributed by atoms with E-state index >= 15 is 0 Å². The zero-order valence-corrected chi connectivity index (χ0v) is 17.1. The molecule has 0 radical (unpaired) electrons. The van der Waals surface area contributed by atoms with Gasteiger partial charge in [0.15, 0.2) is 11.5 Å². The number of ether oxygens (including phenoxy) is 2. The lowest BCUT2D eigenvalue weighted by Gasteiger charge is -2.26. The van der Waals surface area contributed by atoms with Crippen molar-refractivity contribution in [2.45, 2.75) is 39.0 Å². The largest absolute Gasteiger partial charge is 0.504 e. The van der Waals surface area contributed by atoms with Crippen LogP contribution in [0.5, 0.6) is 11.5 Å². The van der Waals surface area contributed by atoms with Gasteiger partial charge in [-0.05, 0) is 44.0 Å². The van der Waals surface area contributed by atoms with Crippen molar-refractivity contribution < 1.29 is 24.2 Å². The molecule has 1 heterocycles. The van der Waals surface area contributed by atoms with Gasteiger partial charge in [-0.25, -0.2) is 14.5 Å². The first-order chi connectivity index (χ1) is 13.7. The Bertz CT molecular complexity index is 892. The number of benzene rings is 2. The number of phenolic OH excluding ortho intramolecular Hbond substituents is 1. The Balaban J connectivity index is 1.88. The molecule has 3 amide bonds. The van der Waals surface area contributed by atoms with Gasteiger partial charge in [-0.2, -0.15) is 0 Å². The summed E-state index contributed by atoms with van der Waals surface area (Å²) in [6, 6.07) is 13.5. The monoisotopic (exact) mass is 398 g/mol. The summed E-state index contributed by atoms with van der Waals surface area (Å²) in [5.74, 6) is 0.360. The first kappa shape index (κ1) is 20.5. The smallest absolute Gasteiger partial charge is 0.419 e. The quantitative estimate of drug-likeness (QED) is 0.830. The number of imide groups is 1. The Morgan fingerprint density at radius 3 is 2.48 bits per heavy atom. The first-order valence-electron chi connectivity index (χ1n) is 9.41. The van der Waals surface area contributed by atoms with Crippen LogP contribution in [0.25, 0.3) is 0 Å². The van der Waals surface area contributed by atoms with E-state index in [0.717, 1.165) is 11.1 Å². The van der Waals surface area contributed by atoms with Crippen molar-refractivity contribution in [1.82, 2.24) is 9.80 Å². The molecule has 29 heavy (non-hydrogen) atoms. The van der Waals surface area contributed by atoms with Gasteiger partial charge in [-0.15, -0.1) is 0 Å². The molecule has 0 aliphatic carbocycles. The van der Waals surface area contributed by atoms with Gasteiger partial charge in [-0.3, -0.25) is 0 Å². The molecule has 7 heteroatoms. The number of rotatable bonds is 4. The van der Waals surface area contributed by atoms with Gasteiger partial charge in [0, 0.05) is 13.1 Å². The van der Waals surface area contributed by atoms with Crippen LogP contribution in [0.1, 0.15) is 37.9 Å². The molecule has 0 aromatic heterocycles. The summed E-state index contributed by atoms with van der Waals surface area (Å²) >= 11 is 0. The number of amides is 3. The standard InChI is InChI=1S/C22H26N2O5/c1-22(2,3)29-21(27)24-17(16-8-6-5-7-9-16)14-23(20(24)26)13-15-10-11-18(25)19(12-15)28-4/h5-12,17,25H,13-14H2,1-4H3/t17-/m1/s1. The highest BCUT2D eigenvalue weighted by atomic mass is 16.6. The van der Waals surface area contributed by atoms with Crippen LogP contribution in [0.2, 0.25) is 0 Å². The molecule has 1 fully saturated rings. The summed E-state index contributed by atoms with van der Waals surface area (Å²) in [6.07, 6.45) is -0.665. The molecular weight excluding hydrogens is 372 g/mol. The van der Waals surface area contributed by atoms with Gasteiger partial charge in [0.05, 0.1) is 13.2 Å². The molecular formula is C22H26N2O5. The lowest BCUT2D eigenvalue weighted by atomic mass is 10.1. The highest BCUT2D eigenvalue weighted by molar-refractivity contribution is 5.93. The van der Waals surface area contributed by atoms with Gasteiger partial charge in [0.1, 0.15) is 5.60 Å². The number of phenols is 1. The first-order valence-corrected chi connectivity index (χ1v) is 9.41. The van der Waals surface area contributed by atoms with Crippen molar-refractivity contribution in [3.05, 3.63) is 59.7 Å². The van der Waals surface area contributed by atoms with Crippen LogP contribution in [0.3, 0.4) is 0 Å². The Morgan fingerprint density at radius 1 is 1.17 bits per heavy atom. The third-order valence-corrected chi connectivity index (χ3v) is 4.57. The van der Waals surface area contributed by atoms with Crippen LogP contribution in [-0.4, -0.2) is 46.3 Å². The summed E-state index contributed by atoms with van der Waals surface area (Å²) in [7, 11) is 1.47. The van der Waals surface area contributed by atoms with Gasteiger partial charge < -0.3 is 19.5 Å². The fraction of sp³-hybridized carbons (Fsp3) is 0.364. The molecule has 154 valence electrons. The van der Waals surface area contributed by atoms with E-state index in [9.17, 15) is 14.7 Å². The van der Waals surface area contributed by atoms with E-state index in [1.807, 2.05) is 30.3 Å². The zero-order valence-electron chi connectivity index (χ0n) is 17.1. The molecule has 1 aliphatic heterocycles. The number of aromatic hydroxyl groups is 1. The molecule has 0 spiro atoms. The Hall–Kier alpha value is -3.22. The normalized spacial score (nSPS) is 16.8. The molecule has 3 rings (SSSR count). The van der Waals surface area contributed by atoms with E-state index in [1.165, 1.54) is 18.1 Å². The number of carbonyl (C=O) groups excluding carboxylic acids is 2. The zero-order chi connectivity index (χ0) is 21.2. The third kappa shape index (κ3) is 4.62. The second kappa shape index (κ2) is 8.03. The topological polar surface area (TPSA) is 79.3 Å². The third-order valence-electron chi connectivity index (χ3n) is 4.57. The summed E-state index contributed by atoms with van der Waals surface area (Å²) in [4.78, 5) is 28.7. The predicted octanol–water partition coefficient (Wildman–Crippen LogP) is 4.31. The maximum atomic E-state index is 13.1. The van der Waals surface area contributed by atoms with E-state index in [0.29, 0.717) is 12.3 Å². The van der Waals surface area contributed by atoms with Crippen molar-refractivity contribution in [3.8, 4) is 11.5 Å². The molecule has 0 unspecified atom stereocenters. The van der Waals surface area contributed by atoms with Crippen LogP contribution in [0.4, 0.5) is 9.59 Å². The fourth-order valence-electron chi connectivity index (χ4n) is 3.27. The number of methoxy groups -OCH3 is 1. The molecule has 0 saturated carbocycles. The predicted molar refractivity (Wildman–Crippen MR) is 108 cm³/mol. The van der Waals surface area contributed by atoms with Gasteiger partial charge in [0.25, 0.3) is 0 Å². The second-order valence-electron chi connectivity index (χ2n) is 7.95. The molecule has 1 aliphatic rings. The summed E-state index contributed by atoms with van der Waals surface area (Å²) in [6.45, 7) is 5.92. The van der Waals surface area contributed by atoms with Crippen molar-refractivity contribution in [1.29, 1.82) is 0 Å². The highest BCUT2D eigenvalue weighted by Crippen LogP contribution is 2.33. The van der Waals surface area contributed by atoms with Crippen LogP contribution in [0, 0.1) is 0 Å². The van der Waals surface area contributed by atoms with Crippen LogP contribution < -0.4 is 4.74 Å². The summed E-state index contributed by atoms with van der Waals surface area (Å²) in [5, 5.41) is 9.79.